The number of amides is 1. The van der Waals surface area contributed by atoms with Crippen molar-refractivity contribution in [1.82, 2.24) is 15.5 Å². The van der Waals surface area contributed by atoms with Gasteiger partial charge >= 0.3 is 0 Å². The van der Waals surface area contributed by atoms with E-state index in [1.54, 1.807) is 37.4 Å². The van der Waals surface area contributed by atoms with Crippen LogP contribution in [0.2, 0.25) is 0 Å². The van der Waals surface area contributed by atoms with Crippen molar-refractivity contribution < 1.29 is 13.9 Å². The van der Waals surface area contributed by atoms with E-state index in [0.717, 1.165) is 11.4 Å². The lowest BCUT2D eigenvalue weighted by Crippen LogP contribution is -2.24. The number of hydrogen-bond acceptors (Lipinski definition) is 5. The van der Waals surface area contributed by atoms with Gasteiger partial charge in [-0.05, 0) is 18.2 Å². The Balaban J connectivity index is 1.74. The maximum Gasteiger partial charge on any atom is 0.287 e. The molecule has 3 aromatic rings. The molecule has 23 heavy (non-hydrogen) atoms. The Kier molecular flexibility index (Phi) is 4.20. The number of carbonyl (C=O) groups is 1. The molecule has 1 aromatic carbocycles. The summed E-state index contributed by atoms with van der Waals surface area (Å²) in [7, 11) is 1.58. The minimum absolute atomic E-state index is 0.0228. The fourth-order valence-electron chi connectivity index (χ4n) is 2.20. The standard InChI is InChI=1S/C16H15N3O4/c1-22-9-11-6-10(18-19-11)8-17-16(21)15-7-13(20)12-4-2-3-5-14(12)23-15/h2-7H,8-9H2,1H3,(H,17,21)(H,18,19). The smallest absolute Gasteiger partial charge is 0.287 e. The van der Waals surface area contributed by atoms with E-state index in [1.807, 2.05) is 0 Å². The number of para-hydroxylation sites is 1. The average molecular weight is 313 g/mol. The van der Waals surface area contributed by atoms with Gasteiger partial charge in [-0.3, -0.25) is 14.7 Å². The summed E-state index contributed by atoms with van der Waals surface area (Å²) in [4.78, 5) is 24.1. The van der Waals surface area contributed by atoms with Crippen LogP contribution in [0.3, 0.4) is 0 Å². The second-order valence-electron chi connectivity index (χ2n) is 4.97. The van der Waals surface area contributed by atoms with Crippen LogP contribution in [0.25, 0.3) is 11.0 Å². The first-order valence-electron chi connectivity index (χ1n) is 7.00. The van der Waals surface area contributed by atoms with Gasteiger partial charge in [-0.2, -0.15) is 5.10 Å². The van der Waals surface area contributed by atoms with Crippen LogP contribution in [-0.4, -0.2) is 23.2 Å². The quantitative estimate of drug-likeness (QED) is 0.745. The van der Waals surface area contributed by atoms with Gasteiger partial charge in [-0.1, -0.05) is 12.1 Å². The molecular formula is C16H15N3O4. The van der Waals surface area contributed by atoms with Gasteiger partial charge in [0.15, 0.2) is 11.2 Å². The number of nitrogens with zero attached hydrogens (tertiary/aromatic N) is 1. The largest absolute Gasteiger partial charge is 0.451 e. The van der Waals surface area contributed by atoms with Crippen molar-refractivity contribution in [2.45, 2.75) is 13.2 Å². The zero-order valence-corrected chi connectivity index (χ0v) is 12.5. The van der Waals surface area contributed by atoms with E-state index in [2.05, 4.69) is 15.5 Å². The van der Waals surface area contributed by atoms with Crippen LogP contribution in [0, 0.1) is 0 Å². The molecule has 2 heterocycles. The lowest BCUT2D eigenvalue weighted by molar-refractivity contribution is 0.0923. The van der Waals surface area contributed by atoms with E-state index in [9.17, 15) is 9.59 Å². The fourth-order valence-corrected chi connectivity index (χ4v) is 2.20. The number of fused-ring (bicyclic) bond motifs is 1. The maximum absolute atomic E-state index is 12.1. The summed E-state index contributed by atoms with van der Waals surface area (Å²) in [6.07, 6.45) is 0. The number of H-pyrrole nitrogens is 1. The fraction of sp³-hybridized carbons (Fsp3) is 0.188. The highest BCUT2D eigenvalue weighted by Crippen LogP contribution is 2.11. The van der Waals surface area contributed by atoms with E-state index in [0.29, 0.717) is 17.6 Å². The van der Waals surface area contributed by atoms with Crippen LogP contribution in [0.5, 0.6) is 0 Å². The van der Waals surface area contributed by atoms with Crippen molar-refractivity contribution in [3.8, 4) is 0 Å². The number of methoxy groups -OCH3 is 1. The van der Waals surface area contributed by atoms with Crippen LogP contribution in [0.4, 0.5) is 0 Å². The minimum atomic E-state index is -0.462. The van der Waals surface area contributed by atoms with Gasteiger partial charge in [0.25, 0.3) is 5.91 Å². The molecule has 118 valence electrons. The summed E-state index contributed by atoms with van der Waals surface area (Å²) in [6.45, 7) is 0.635. The van der Waals surface area contributed by atoms with Crippen LogP contribution >= 0.6 is 0 Å². The molecule has 0 bridgehead atoms. The molecule has 0 unspecified atom stereocenters. The maximum atomic E-state index is 12.1. The van der Waals surface area contributed by atoms with Crippen LogP contribution in [-0.2, 0) is 17.9 Å². The molecule has 3 rings (SSSR count). The highest BCUT2D eigenvalue weighted by Gasteiger charge is 2.12. The third kappa shape index (κ3) is 3.29. The predicted molar refractivity (Wildman–Crippen MR) is 83.0 cm³/mol. The van der Waals surface area contributed by atoms with E-state index < -0.39 is 5.91 Å². The Morgan fingerprint density at radius 1 is 1.35 bits per heavy atom. The Bertz CT molecular complexity index is 897. The molecule has 0 aliphatic carbocycles. The second kappa shape index (κ2) is 6.45. The summed E-state index contributed by atoms with van der Waals surface area (Å²) in [6, 6.07) is 9.79. The molecule has 0 aliphatic heterocycles. The van der Waals surface area contributed by atoms with E-state index in [1.165, 1.54) is 6.07 Å². The van der Waals surface area contributed by atoms with Gasteiger partial charge in [0.1, 0.15) is 5.58 Å². The van der Waals surface area contributed by atoms with Gasteiger partial charge in [-0.25, -0.2) is 0 Å². The summed E-state index contributed by atoms with van der Waals surface area (Å²) in [5, 5.41) is 9.96. The van der Waals surface area contributed by atoms with E-state index in [-0.39, 0.29) is 17.7 Å². The Morgan fingerprint density at radius 3 is 3.00 bits per heavy atom. The Morgan fingerprint density at radius 2 is 2.17 bits per heavy atom. The molecular weight excluding hydrogens is 298 g/mol. The number of ether oxygens (including phenoxy) is 1. The number of nitrogens with one attached hydrogen (secondary N) is 2. The number of benzene rings is 1. The lowest BCUT2D eigenvalue weighted by Gasteiger charge is -2.04. The van der Waals surface area contributed by atoms with Gasteiger partial charge in [-0.15, -0.1) is 0 Å². The molecule has 0 spiro atoms. The van der Waals surface area contributed by atoms with Crippen molar-refractivity contribution in [3.63, 3.8) is 0 Å². The van der Waals surface area contributed by atoms with Crippen molar-refractivity contribution in [2.24, 2.45) is 0 Å². The van der Waals surface area contributed by atoms with E-state index in [4.69, 9.17) is 9.15 Å². The van der Waals surface area contributed by atoms with Crippen molar-refractivity contribution in [1.29, 1.82) is 0 Å². The zero-order chi connectivity index (χ0) is 16.2. The van der Waals surface area contributed by atoms with Gasteiger partial charge in [0.2, 0.25) is 0 Å². The number of hydrogen-bond donors (Lipinski definition) is 2. The molecule has 7 nitrogen and oxygen atoms in total. The predicted octanol–water partition coefficient (Wildman–Crippen LogP) is 1.59. The normalized spacial score (nSPS) is 10.8. The van der Waals surface area contributed by atoms with Crippen LogP contribution in [0.15, 0.2) is 45.6 Å². The summed E-state index contributed by atoms with van der Waals surface area (Å²) in [5.74, 6) is -0.485. The molecule has 0 saturated heterocycles. The first-order chi connectivity index (χ1) is 11.2. The lowest BCUT2D eigenvalue weighted by atomic mass is 10.2. The summed E-state index contributed by atoms with van der Waals surface area (Å²) >= 11 is 0. The molecule has 0 aliphatic rings. The van der Waals surface area contributed by atoms with Gasteiger partial charge < -0.3 is 14.5 Å². The molecule has 2 N–H and O–H groups in total. The topological polar surface area (TPSA) is 97.2 Å². The molecule has 0 saturated carbocycles. The van der Waals surface area contributed by atoms with Crippen LogP contribution < -0.4 is 10.7 Å². The average Bonchev–Trinajstić information content (AvgIpc) is 3.00. The Hall–Kier alpha value is -2.93. The molecule has 0 fully saturated rings. The van der Waals surface area contributed by atoms with Crippen molar-refractivity contribution >= 4 is 16.9 Å². The summed E-state index contributed by atoms with van der Waals surface area (Å²) < 4.78 is 10.4. The zero-order valence-electron chi connectivity index (χ0n) is 12.5. The second-order valence-corrected chi connectivity index (χ2v) is 4.97. The molecule has 7 heteroatoms. The molecule has 0 atom stereocenters. The first-order valence-corrected chi connectivity index (χ1v) is 7.00. The number of aromatic amines is 1. The molecule has 2 aromatic heterocycles. The first kappa shape index (κ1) is 15.0. The number of aromatic nitrogens is 2. The third-order valence-corrected chi connectivity index (χ3v) is 3.27. The number of rotatable bonds is 5. The SMILES string of the molecule is COCc1cc(CNC(=O)c2cc(=O)c3ccccc3o2)[nH]n1. The monoisotopic (exact) mass is 313 g/mol. The number of carbonyl (C=O) groups excluding carboxylic acids is 1. The third-order valence-electron chi connectivity index (χ3n) is 3.27. The minimum Gasteiger partial charge on any atom is -0.451 e. The van der Waals surface area contributed by atoms with E-state index >= 15 is 0 Å². The molecule has 1 amide bonds. The van der Waals surface area contributed by atoms with Gasteiger partial charge in [0.05, 0.1) is 29.9 Å². The summed E-state index contributed by atoms with van der Waals surface area (Å²) in [5.41, 5.74) is 1.61. The Labute approximate surface area is 131 Å². The van der Waals surface area contributed by atoms with Crippen molar-refractivity contribution in [3.05, 3.63) is 63.8 Å². The van der Waals surface area contributed by atoms with Gasteiger partial charge in [0, 0.05) is 13.2 Å². The van der Waals surface area contributed by atoms with Crippen molar-refractivity contribution in [2.75, 3.05) is 7.11 Å². The van der Waals surface area contributed by atoms with Crippen LogP contribution in [0.1, 0.15) is 21.9 Å². The highest BCUT2D eigenvalue weighted by atomic mass is 16.5. The highest BCUT2D eigenvalue weighted by molar-refractivity contribution is 5.93. The molecule has 0 radical (unpaired) electrons.